The van der Waals surface area contributed by atoms with Crippen LogP contribution in [-0.4, -0.2) is 23.1 Å². The molecule has 4 nitrogen and oxygen atoms in total. The van der Waals surface area contributed by atoms with Gasteiger partial charge in [-0.05, 0) is 18.8 Å². The summed E-state index contributed by atoms with van der Waals surface area (Å²) in [4.78, 5) is 8.54. The normalized spacial score (nSPS) is 14.8. The molecule has 94 valence electrons. The fraction of sp³-hybridized carbons (Fsp3) is 0.692. The summed E-state index contributed by atoms with van der Waals surface area (Å²) in [6, 6.07) is 0. The van der Waals surface area contributed by atoms with Crippen LogP contribution in [0, 0.1) is 5.92 Å². The molecule has 0 saturated carbocycles. The van der Waals surface area contributed by atoms with E-state index in [1.807, 2.05) is 0 Å². The first kappa shape index (κ1) is 12.3. The van der Waals surface area contributed by atoms with E-state index >= 15 is 0 Å². The molecule has 1 aliphatic heterocycles. The molecule has 0 atom stereocenters. The van der Waals surface area contributed by atoms with Crippen LogP contribution in [0.15, 0.2) is 6.33 Å². The Morgan fingerprint density at radius 1 is 1.41 bits per heavy atom. The highest BCUT2D eigenvalue weighted by atomic mass is 16.5. The van der Waals surface area contributed by atoms with Crippen LogP contribution in [0.25, 0.3) is 0 Å². The maximum absolute atomic E-state index is 5.76. The third-order valence-electron chi connectivity index (χ3n) is 3.00. The predicted molar refractivity (Wildman–Crippen MR) is 67.0 cm³/mol. The number of nitrogens with zero attached hydrogens (tertiary/aromatic N) is 2. The SMILES string of the molecule is CC(C)CCCOc1ncnc2c1CNCC2. The Balaban J connectivity index is 1.92. The molecular formula is C13H21N3O. The number of nitrogens with one attached hydrogen (secondary N) is 1. The van der Waals surface area contributed by atoms with Gasteiger partial charge in [0.2, 0.25) is 5.88 Å². The molecule has 0 radical (unpaired) electrons. The van der Waals surface area contributed by atoms with Crippen LogP contribution < -0.4 is 10.1 Å². The summed E-state index contributed by atoms with van der Waals surface area (Å²) in [5.74, 6) is 1.51. The zero-order valence-electron chi connectivity index (χ0n) is 10.7. The largest absolute Gasteiger partial charge is 0.477 e. The van der Waals surface area contributed by atoms with E-state index in [0.717, 1.165) is 55.6 Å². The highest BCUT2D eigenvalue weighted by molar-refractivity contribution is 5.31. The highest BCUT2D eigenvalue weighted by Gasteiger charge is 2.15. The van der Waals surface area contributed by atoms with Crippen LogP contribution in [-0.2, 0) is 13.0 Å². The molecule has 0 bridgehead atoms. The summed E-state index contributed by atoms with van der Waals surface area (Å²) in [6.45, 7) is 7.04. The van der Waals surface area contributed by atoms with Crippen LogP contribution in [0.2, 0.25) is 0 Å². The van der Waals surface area contributed by atoms with E-state index in [9.17, 15) is 0 Å². The van der Waals surface area contributed by atoms with Crippen molar-refractivity contribution in [1.29, 1.82) is 0 Å². The molecule has 2 heterocycles. The average molecular weight is 235 g/mol. The van der Waals surface area contributed by atoms with E-state index in [4.69, 9.17) is 4.74 Å². The molecule has 2 rings (SSSR count). The van der Waals surface area contributed by atoms with Crippen molar-refractivity contribution < 1.29 is 4.74 Å². The average Bonchev–Trinajstić information content (AvgIpc) is 2.34. The Morgan fingerprint density at radius 3 is 3.12 bits per heavy atom. The van der Waals surface area contributed by atoms with Crippen LogP contribution >= 0.6 is 0 Å². The summed E-state index contributed by atoms with van der Waals surface area (Å²) >= 11 is 0. The molecule has 1 aromatic heterocycles. The summed E-state index contributed by atoms with van der Waals surface area (Å²) in [5.41, 5.74) is 2.28. The van der Waals surface area contributed by atoms with E-state index in [1.165, 1.54) is 6.42 Å². The van der Waals surface area contributed by atoms with Crippen LogP contribution in [0.4, 0.5) is 0 Å². The van der Waals surface area contributed by atoms with Gasteiger partial charge in [-0.1, -0.05) is 13.8 Å². The van der Waals surface area contributed by atoms with Gasteiger partial charge in [-0.25, -0.2) is 9.97 Å². The lowest BCUT2D eigenvalue weighted by Gasteiger charge is -2.18. The summed E-state index contributed by atoms with van der Waals surface area (Å²) in [7, 11) is 0. The Morgan fingerprint density at radius 2 is 2.29 bits per heavy atom. The fourth-order valence-electron chi connectivity index (χ4n) is 2.03. The van der Waals surface area contributed by atoms with Gasteiger partial charge in [-0.3, -0.25) is 0 Å². The Bertz CT molecular complexity index is 366. The first-order chi connectivity index (χ1) is 8.27. The number of ether oxygens (including phenoxy) is 1. The minimum Gasteiger partial charge on any atom is -0.477 e. The number of hydrogen-bond acceptors (Lipinski definition) is 4. The topological polar surface area (TPSA) is 47.0 Å². The minimum absolute atomic E-state index is 0.736. The van der Waals surface area contributed by atoms with Gasteiger partial charge < -0.3 is 10.1 Å². The number of rotatable bonds is 5. The molecule has 1 aromatic rings. The molecule has 0 aliphatic carbocycles. The molecule has 1 N–H and O–H groups in total. The summed E-state index contributed by atoms with van der Waals surface area (Å²) in [5, 5.41) is 3.33. The smallest absolute Gasteiger partial charge is 0.221 e. The van der Waals surface area contributed by atoms with Gasteiger partial charge in [0.1, 0.15) is 6.33 Å². The zero-order chi connectivity index (χ0) is 12.1. The number of fused-ring (bicyclic) bond motifs is 1. The first-order valence-corrected chi connectivity index (χ1v) is 6.43. The number of hydrogen-bond donors (Lipinski definition) is 1. The zero-order valence-corrected chi connectivity index (χ0v) is 10.7. The quantitative estimate of drug-likeness (QED) is 0.792. The van der Waals surface area contributed by atoms with Gasteiger partial charge in [-0.2, -0.15) is 0 Å². The number of aromatic nitrogens is 2. The van der Waals surface area contributed by atoms with E-state index in [2.05, 4.69) is 29.1 Å². The third-order valence-corrected chi connectivity index (χ3v) is 3.00. The van der Waals surface area contributed by atoms with Gasteiger partial charge in [0.05, 0.1) is 12.3 Å². The molecule has 17 heavy (non-hydrogen) atoms. The van der Waals surface area contributed by atoms with Crippen molar-refractivity contribution in [1.82, 2.24) is 15.3 Å². The fourth-order valence-corrected chi connectivity index (χ4v) is 2.03. The highest BCUT2D eigenvalue weighted by Crippen LogP contribution is 2.20. The molecule has 0 amide bonds. The van der Waals surface area contributed by atoms with Crippen molar-refractivity contribution in [3.05, 3.63) is 17.6 Å². The second-order valence-electron chi connectivity index (χ2n) is 4.92. The molecule has 0 fully saturated rings. The maximum atomic E-state index is 5.76. The van der Waals surface area contributed by atoms with Gasteiger partial charge in [0, 0.05) is 25.1 Å². The Hall–Kier alpha value is -1.16. The summed E-state index contributed by atoms with van der Waals surface area (Å²) < 4.78 is 5.76. The molecule has 0 unspecified atom stereocenters. The first-order valence-electron chi connectivity index (χ1n) is 6.43. The standard InChI is InChI=1S/C13H21N3O/c1-10(2)4-3-7-17-13-11-8-14-6-5-12(11)15-9-16-13/h9-10,14H,3-8H2,1-2H3. The third kappa shape index (κ3) is 3.40. The molecule has 4 heteroatoms. The molecule has 0 aromatic carbocycles. The van der Waals surface area contributed by atoms with Crippen molar-refractivity contribution in [3.8, 4) is 5.88 Å². The van der Waals surface area contributed by atoms with E-state index in [-0.39, 0.29) is 0 Å². The van der Waals surface area contributed by atoms with Gasteiger partial charge in [-0.15, -0.1) is 0 Å². The minimum atomic E-state index is 0.736. The maximum Gasteiger partial charge on any atom is 0.221 e. The van der Waals surface area contributed by atoms with E-state index in [0.29, 0.717) is 0 Å². The van der Waals surface area contributed by atoms with E-state index < -0.39 is 0 Å². The van der Waals surface area contributed by atoms with Crippen molar-refractivity contribution in [3.63, 3.8) is 0 Å². The molecule has 0 saturated heterocycles. The van der Waals surface area contributed by atoms with Crippen molar-refractivity contribution in [2.24, 2.45) is 5.92 Å². The van der Waals surface area contributed by atoms with Crippen molar-refractivity contribution in [2.45, 2.75) is 39.7 Å². The second-order valence-corrected chi connectivity index (χ2v) is 4.92. The predicted octanol–water partition coefficient (Wildman–Crippen LogP) is 1.94. The molecule has 1 aliphatic rings. The van der Waals surface area contributed by atoms with Gasteiger partial charge in [0.15, 0.2) is 0 Å². The Labute approximate surface area is 103 Å². The lowest BCUT2D eigenvalue weighted by Crippen LogP contribution is -2.25. The van der Waals surface area contributed by atoms with Gasteiger partial charge >= 0.3 is 0 Å². The molecular weight excluding hydrogens is 214 g/mol. The lowest BCUT2D eigenvalue weighted by atomic mass is 10.1. The second kappa shape index (κ2) is 5.96. The van der Waals surface area contributed by atoms with Gasteiger partial charge in [0.25, 0.3) is 0 Å². The Kier molecular flexibility index (Phi) is 4.31. The van der Waals surface area contributed by atoms with Crippen LogP contribution in [0.5, 0.6) is 5.88 Å². The van der Waals surface area contributed by atoms with Crippen LogP contribution in [0.3, 0.4) is 0 Å². The van der Waals surface area contributed by atoms with Crippen molar-refractivity contribution in [2.75, 3.05) is 13.2 Å². The van der Waals surface area contributed by atoms with Crippen LogP contribution in [0.1, 0.15) is 37.9 Å². The monoisotopic (exact) mass is 235 g/mol. The molecule has 0 spiro atoms. The van der Waals surface area contributed by atoms with Crippen molar-refractivity contribution >= 4 is 0 Å². The van der Waals surface area contributed by atoms with E-state index in [1.54, 1.807) is 6.33 Å². The lowest BCUT2D eigenvalue weighted by molar-refractivity contribution is 0.281. The summed E-state index contributed by atoms with van der Waals surface area (Å²) in [6.07, 6.45) is 4.87.